The van der Waals surface area contributed by atoms with E-state index in [0.717, 1.165) is 17.2 Å². The Morgan fingerprint density at radius 1 is 1.19 bits per heavy atom. The maximum absolute atomic E-state index is 12.3. The van der Waals surface area contributed by atoms with E-state index >= 15 is 0 Å². The number of methoxy groups -OCH3 is 1. The van der Waals surface area contributed by atoms with Crippen molar-refractivity contribution in [2.45, 2.75) is 13.3 Å². The molecule has 112 valence electrons. The molecule has 0 aliphatic rings. The number of nitrogens with one attached hydrogen (secondary N) is 1. The summed E-state index contributed by atoms with van der Waals surface area (Å²) in [4.78, 5) is 12.3. The third kappa shape index (κ3) is 3.95. The molecule has 21 heavy (non-hydrogen) atoms. The molecular weight excluding hydrogens is 266 g/mol. The largest absolute Gasteiger partial charge is 0.496 e. The summed E-state index contributed by atoms with van der Waals surface area (Å²) in [6, 6.07) is 11.7. The van der Waals surface area contributed by atoms with Gasteiger partial charge in [-0.25, -0.2) is 0 Å². The lowest BCUT2D eigenvalue weighted by Gasteiger charge is -2.11. The van der Waals surface area contributed by atoms with Gasteiger partial charge in [-0.3, -0.25) is 4.79 Å². The molecule has 0 fully saturated rings. The van der Waals surface area contributed by atoms with Crippen molar-refractivity contribution in [2.24, 2.45) is 0 Å². The molecule has 2 aromatic rings. The average Bonchev–Trinajstić information content (AvgIpc) is 2.53. The summed E-state index contributed by atoms with van der Waals surface area (Å²) in [5.74, 6) is 0.477. The highest BCUT2D eigenvalue weighted by atomic mass is 16.5. The van der Waals surface area contributed by atoms with E-state index in [2.05, 4.69) is 5.32 Å². The van der Waals surface area contributed by atoms with E-state index in [-0.39, 0.29) is 5.91 Å². The van der Waals surface area contributed by atoms with E-state index in [1.807, 2.05) is 43.3 Å². The third-order valence-electron chi connectivity index (χ3n) is 3.27. The fraction of sp³-hybridized carbons (Fsp3) is 0.353. The minimum Gasteiger partial charge on any atom is -0.496 e. The van der Waals surface area contributed by atoms with Gasteiger partial charge >= 0.3 is 0 Å². The second kappa shape index (κ2) is 7.64. The van der Waals surface area contributed by atoms with Crippen LogP contribution in [-0.2, 0) is 4.74 Å². The summed E-state index contributed by atoms with van der Waals surface area (Å²) in [6.07, 6.45) is 0.801. The van der Waals surface area contributed by atoms with Gasteiger partial charge < -0.3 is 14.8 Å². The molecule has 4 heteroatoms. The van der Waals surface area contributed by atoms with Crippen molar-refractivity contribution < 1.29 is 14.3 Å². The van der Waals surface area contributed by atoms with Crippen LogP contribution in [-0.4, -0.2) is 32.8 Å². The fourth-order valence-electron chi connectivity index (χ4n) is 2.18. The number of benzene rings is 2. The van der Waals surface area contributed by atoms with Crippen LogP contribution in [0.15, 0.2) is 36.4 Å². The lowest BCUT2D eigenvalue weighted by atomic mass is 10.1. The van der Waals surface area contributed by atoms with Crippen LogP contribution in [0.1, 0.15) is 23.7 Å². The monoisotopic (exact) mass is 287 g/mol. The van der Waals surface area contributed by atoms with Gasteiger partial charge in [-0.05, 0) is 36.2 Å². The third-order valence-corrected chi connectivity index (χ3v) is 3.27. The quantitative estimate of drug-likeness (QED) is 0.796. The lowest BCUT2D eigenvalue weighted by molar-refractivity contribution is 0.0941. The van der Waals surface area contributed by atoms with E-state index < -0.39 is 0 Å². The molecule has 2 aromatic carbocycles. The van der Waals surface area contributed by atoms with Crippen molar-refractivity contribution in [2.75, 3.05) is 26.9 Å². The number of fused-ring (bicyclic) bond motifs is 1. The van der Waals surface area contributed by atoms with Crippen molar-refractivity contribution in [3.05, 3.63) is 42.0 Å². The zero-order valence-electron chi connectivity index (χ0n) is 12.5. The number of carbonyl (C=O) groups is 1. The summed E-state index contributed by atoms with van der Waals surface area (Å²) in [5, 5.41) is 4.98. The van der Waals surface area contributed by atoms with E-state index in [9.17, 15) is 4.79 Å². The van der Waals surface area contributed by atoms with Crippen LogP contribution in [0.25, 0.3) is 10.8 Å². The van der Waals surface area contributed by atoms with Crippen molar-refractivity contribution in [1.29, 1.82) is 0 Å². The summed E-state index contributed by atoms with van der Waals surface area (Å²) >= 11 is 0. The van der Waals surface area contributed by atoms with Crippen molar-refractivity contribution in [3.8, 4) is 5.75 Å². The minimum absolute atomic E-state index is 0.117. The van der Waals surface area contributed by atoms with E-state index in [1.165, 1.54) is 0 Å². The highest BCUT2D eigenvalue weighted by Gasteiger charge is 2.13. The number of hydrogen-bond acceptors (Lipinski definition) is 3. The van der Waals surface area contributed by atoms with Crippen LogP contribution in [0.2, 0.25) is 0 Å². The van der Waals surface area contributed by atoms with E-state index in [1.54, 1.807) is 7.11 Å². The summed E-state index contributed by atoms with van der Waals surface area (Å²) in [5.41, 5.74) is 0.563. The Balaban J connectivity index is 2.10. The maximum Gasteiger partial charge on any atom is 0.255 e. The summed E-state index contributed by atoms with van der Waals surface area (Å²) in [6.45, 7) is 3.91. The number of ether oxygens (including phenoxy) is 2. The minimum atomic E-state index is -0.117. The van der Waals surface area contributed by atoms with Crippen molar-refractivity contribution in [3.63, 3.8) is 0 Å². The van der Waals surface area contributed by atoms with Gasteiger partial charge in [0.05, 0.1) is 12.7 Å². The number of carbonyl (C=O) groups excluding carboxylic acids is 1. The van der Waals surface area contributed by atoms with Gasteiger partial charge in [0.15, 0.2) is 0 Å². The molecule has 0 saturated heterocycles. The number of hydrogen-bond donors (Lipinski definition) is 1. The van der Waals surface area contributed by atoms with Crippen LogP contribution < -0.4 is 10.1 Å². The molecule has 0 unspecified atom stereocenters. The van der Waals surface area contributed by atoms with Crippen molar-refractivity contribution >= 4 is 16.7 Å². The Kier molecular flexibility index (Phi) is 5.58. The molecule has 0 bridgehead atoms. The number of amides is 1. The molecular formula is C17H21NO3. The van der Waals surface area contributed by atoms with Gasteiger partial charge in [-0.15, -0.1) is 0 Å². The van der Waals surface area contributed by atoms with Crippen molar-refractivity contribution in [1.82, 2.24) is 5.32 Å². The van der Waals surface area contributed by atoms with Gasteiger partial charge in [0.25, 0.3) is 5.91 Å². The van der Waals surface area contributed by atoms with Gasteiger partial charge in [-0.2, -0.15) is 0 Å². The first-order valence-electron chi connectivity index (χ1n) is 7.19. The second-order valence-corrected chi connectivity index (χ2v) is 4.71. The molecule has 0 aliphatic carbocycles. The summed E-state index contributed by atoms with van der Waals surface area (Å²) in [7, 11) is 1.58. The van der Waals surface area contributed by atoms with Gasteiger partial charge in [0.1, 0.15) is 5.75 Å². The van der Waals surface area contributed by atoms with Gasteiger partial charge in [0.2, 0.25) is 0 Å². The van der Waals surface area contributed by atoms with Crippen LogP contribution in [0.5, 0.6) is 5.75 Å². The molecule has 1 amide bonds. The second-order valence-electron chi connectivity index (χ2n) is 4.71. The predicted molar refractivity (Wildman–Crippen MR) is 83.9 cm³/mol. The van der Waals surface area contributed by atoms with Crippen LogP contribution >= 0.6 is 0 Å². The first-order chi connectivity index (χ1) is 10.3. The molecule has 0 atom stereocenters. The van der Waals surface area contributed by atoms with Crippen LogP contribution in [0, 0.1) is 0 Å². The Hall–Kier alpha value is -2.07. The molecule has 0 radical (unpaired) electrons. The molecule has 0 spiro atoms. The zero-order chi connectivity index (χ0) is 15.1. The van der Waals surface area contributed by atoms with E-state index in [0.29, 0.717) is 31.1 Å². The fourth-order valence-corrected chi connectivity index (χ4v) is 2.18. The molecule has 0 aliphatic heterocycles. The molecule has 0 aromatic heterocycles. The Bertz CT molecular complexity index is 610. The topological polar surface area (TPSA) is 47.6 Å². The predicted octanol–water partition coefficient (Wildman–Crippen LogP) is 3.00. The molecule has 0 saturated carbocycles. The Morgan fingerprint density at radius 3 is 2.57 bits per heavy atom. The lowest BCUT2D eigenvalue weighted by Crippen LogP contribution is -2.25. The standard InChI is InChI=1S/C17H21NO3/c1-3-21-10-6-9-18-17(19)15-11-13-7-4-5-8-14(13)12-16(15)20-2/h4-5,7-8,11-12H,3,6,9-10H2,1-2H3,(H,18,19). The highest BCUT2D eigenvalue weighted by Crippen LogP contribution is 2.25. The van der Waals surface area contributed by atoms with Crippen LogP contribution in [0.3, 0.4) is 0 Å². The molecule has 0 heterocycles. The molecule has 2 rings (SSSR count). The SMILES string of the molecule is CCOCCCNC(=O)c1cc2ccccc2cc1OC. The highest BCUT2D eigenvalue weighted by molar-refractivity contribution is 6.01. The van der Waals surface area contributed by atoms with E-state index in [4.69, 9.17) is 9.47 Å². The molecule has 4 nitrogen and oxygen atoms in total. The summed E-state index contributed by atoms with van der Waals surface area (Å²) < 4.78 is 10.6. The molecule has 1 N–H and O–H groups in total. The Morgan fingerprint density at radius 2 is 1.90 bits per heavy atom. The average molecular weight is 287 g/mol. The maximum atomic E-state index is 12.3. The first kappa shape index (κ1) is 15.3. The van der Waals surface area contributed by atoms with Crippen LogP contribution in [0.4, 0.5) is 0 Å². The zero-order valence-corrected chi connectivity index (χ0v) is 12.5. The first-order valence-corrected chi connectivity index (χ1v) is 7.19. The van der Waals surface area contributed by atoms with Gasteiger partial charge in [-0.1, -0.05) is 24.3 Å². The van der Waals surface area contributed by atoms with Gasteiger partial charge in [0, 0.05) is 19.8 Å². The normalized spacial score (nSPS) is 10.6. The smallest absolute Gasteiger partial charge is 0.255 e. The Labute approximate surface area is 125 Å². The number of rotatable bonds is 7.